The number of rotatable bonds is 6. The molecule has 0 saturated heterocycles. The van der Waals surface area contributed by atoms with Crippen LogP contribution in [0.2, 0.25) is 0 Å². The van der Waals surface area contributed by atoms with Crippen molar-refractivity contribution in [1.82, 2.24) is 4.98 Å². The summed E-state index contributed by atoms with van der Waals surface area (Å²) in [5.74, 6) is 1.00. The fourth-order valence-electron chi connectivity index (χ4n) is 1.89. The maximum absolute atomic E-state index is 12.8. The first kappa shape index (κ1) is 15.7. The van der Waals surface area contributed by atoms with Crippen LogP contribution in [0.5, 0.6) is 5.75 Å². The first-order valence-corrected chi connectivity index (χ1v) is 8.48. The van der Waals surface area contributed by atoms with E-state index in [4.69, 9.17) is 4.74 Å². The van der Waals surface area contributed by atoms with Crippen LogP contribution in [0.4, 0.5) is 10.1 Å². The molecule has 2 aromatic carbocycles. The highest BCUT2D eigenvalue weighted by Crippen LogP contribution is 2.31. The van der Waals surface area contributed by atoms with Crippen molar-refractivity contribution in [3.8, 4) is 5.75 Å². The monoisotopic (exact) mass is 350 g/mol. The van der Waals surface area contributed by atoms with Crippen LogP contribution in [0.15, 0.2) is 46.8 Å². The molecule has 118 valence electrons. The summed E-state index contributed by atoms with van der Waals surface area (Å²) in [6.45, 7) is 0.465. The third-order valence-electron chi connectivity index (χ3n) is 2.95. The van der Waals surface area contributed by atoms with Gasteiger partial charge in [0.15, 0.2) is 4.34 Å². The normalized spacial score (nSPS) is 10.8. The average Bonchev–Trinajstić information content (AvgIpc) is 2.95. The predicted octanol–water partition coefficient (Wildman–Crippen LogP) is 4.51. The van der Waals surface area contributed by atoms with Gasteiger partial charge in [-0.1, -0.05) is 11.8 Å². The summed E-state index contributed by atoms with van der Waals surface area (Å²) >= 11 is 2.94. The van der Waals surface area contributed by atoms with Crippen molar-refractivity contribution >= 4 is 39.0 Å². The van der Waals surface area contributed by atoms with Crippen LogP contribution < -0.4 is 4.74 Å². The van der Waals surface area contributed by atoms with Crippen LogP contribution in [0.25, 0.3) is 10.2 Å². The fourth-order valence-corrected chi connectivity index (χ4v) is 3.88. The van der Waals surface area contributed by atoms with Crippen molar-refractivity contribution in [2.75, 3.05) is 12.4 Å². The van der Waals surface area contributed by atoms with E-state index >= 15 is 0 Å². The average molecular weight is 350 g/mol. The Bertz CT molecular complexity index is 836. The summed E-state index contributed by atoms with van der Waals surface area (Å²) < 4.78 is 19.9. The van der Waals surface area contributed by atoms with Crippen molar-refractivity contribution in [2.45, 2.75) is 4.34 Å². The first-order valence-electron chi connectivity index (χ1n) is 6.68. The van der Waals surface area contributed by atoms with Gasteiger partial charge < -0.3 is 4.74 Å². The Hall–Kier alpha value is -2.19. The molecule has 23 heavy (non-hydrogen) atoms. The van der Waals surface area contributed by atoms with Gasteiger partial charge in [-0.05, 0) is 30.3 Å². The van der Waals surface area contributed by atoms with E-state index in [2.05, 4.69) is 4.98 Å². The van der Waals surface area contributed by atoms with E-state index in [9.17, 15) is 14.5 Å². The number of nitrogens with zero attached hydrogens (tertiary/aromatic N) is 2. The third-order valence-corrected chi connectivity index (χ3v) is 5.08. The van der Waals surface area contributed by atoms with Crippen LogP contribution >= 0.6 is 23.1 Å². The van der Waals surface area contributed by atoms with Crippen molar-refractivity contribution in [2.24, 2.45) is 0 Å². The van der Waals surface area contributed by atoms with Gasteiger partial charge in [-0.3, -0.25) is 10.1 Å². The van der Waals surface area contributed by atoms with E-state index in [1.54, 1.807) is 18.2 Å². The molecular formula is C15H11FN2O3S2. The molecule has 5 nitrogen and oxygen atoms in total. The lowest BCUT2D eigenvalue weighted by molar-refractivity contribution is -0.384. The standard InChI is InChI=1S/C15H11FN2O3S2/c16-10-1-4-12(5-2-10)21-7-8-22-15-17-13-6-3-11(18(19)20)9-14(13)23-15/h1-6,9H,7-8H2. The molecule has 0 bridgehead atoms. The molecule has 0 spiro atoms. The molecule has 3 aromatic rings. The zero-order valence-corrected chi connectivity index (χ0v) is 13.4. The molecule has 0 N–H and O–H groups in total. The zero-order valence-electron chi connectivity index (χ0n) is 11.8. The number of hydrogen-bond donors (Lipinski definition) is 0. The largest absolute Gasteiger partial charge is 0.493 e. The number of thiazole rings is 1. The van der Waals surface area contributed by atoms with E-state index in [-0.39, 0.29) is 11.5 Å². The Balaban J connectivity index is 1.56. The quantitative estimate of drug-likeness (QED) is 0.283. The van der Waals surface area contributed by atoms with Gasteiger partial charge in [-0.25, -0.2) is 9.37 Å². The molecule has 1 heterocycles. The number of benzene rings is 2. The van der Waals surface area contributed by atoms with Gasteiger partial charge in [-0.15, -0.1) is 11.3 Å². The number of fused-ring (bicyclic) bond motifs is 1. The molecule has 0 saturated carbocycles. The summed E-state index contributed by atoms with van der Waals surface area (Å²) in [7, 11) is 0. The topological polar surface area (TPSA) is 65.3 Å². The highest BCUT2D eigenvalue weighted by atomic mass is 32.2. The van der Waals surface area contributed by atoms with Crippen molar-refractivity contribution in [3.63, 3.8) is 0 Å². The third kappa shape index (κ3) is 3.96. The lowest BCUT2D eigenvalue weighted by atomic mass is 10.3. The summed E-state index contributed by atoms with van der Waals surface area (Å²) in [6, 6.07) is 10.5. The lowest BCUT2D eigenvalue weighted by Gasteiger charge is -2.04. The van der Waals surface area contributed by atoms with Gasteiger partial charge in [0.1, 0.15) is 11.6 Å². The zero-order chi connectivity index (χ0) is 16.2. The first-order chi connectivity index (χ1) is 11.1. The van der Waals surface area contributed by atoms with E-state index < -0.39 is 4.92 Å². The number of ether oxygens (including phenoxy) is 1. The number of aromatic nitrogens is 1. The molecule has 0 radical (unpaired) electrons. The van der Waals surface area contributed by atoms with Crippen molar-refractivity contribution in [3.05, 3.63) is 58.4 Å². The van der Waals surface area contributed by atoms with E-state index in [0.29, 0.717) is 18.1 Å². The Labute approximate surface area is 139 Å². The highest BCUT2D eigenvalue weighted by molar-refractivity contribution is 8.01. The SMILES string of the molecule is O=[N+]([O-])c1ccc2nc(SCCOc3ccc(F)cc3)sc2c1. The van der Waals surface area contributed by atoms with Crippen LogP contribution in [0.3, 0.4) is 0 Å². The molecule has 0 aliphatic carbocycles. The predicted molar refractivity (Wildman–Crippen MR) is 88.9 cm³/mol. The minimum Gasteiger partial charge on any atom is -0.493 e. The molecule has 0 aliphatic heterocycles. The summed E-state index contributed by atoms with van der Waals surface area (Å²) in [5, 5.41) is 10.8. The number of nitro groups is 1. The molecule has 0 unspecified atom stereocenters. The maximum Gasteiger partial charge on any atom is 0.270 e. The van der Waals surface area contributed by atoms with E-state index in [0.717, 1.165) is 14.6 Å². The Morgan fingerprint density at radius 1 is 1.26 bits per heavy atom. The Morgan fingerprint density at radius 3 is 2.78 bits per heavy atom. The molecule has 0 fully saturated rings. The molecular weight excluding hydrogens is 339 g/mol. The second-order valence-corrected chi connectivity index (χ2v) is 6.91. The smallest absolute Gasteiger partial charge is 0.270 e. The maximum atomic E-state index is 12.8. The van der Waals surface area contributed by atoms with Crippen LogP contribution in [-0.2, 0) is 0 Å². The summed E-state index contributed by atoms with van der Waals surface area (Å²) in [6.07, 6.45) is 0. The van der Waals surface area contributed by atoms with Crippen molar-refractivity contribution < 1.29 is 14.1 Å². The van der Waals surface area contributed by atoms with Crippen LogP contribution in [0, 0.1) is 15.9 Å². The molecule has 0 aliphatic rings. The summed E-state index contributed by atoms with van der Waals surface area (Å²) in [4.78, 5) is 14.8. The Kier molecular flexibility index (Phi) is 4.73. The van der Waals surface area contributed by atoms with Gasteiger partial charge in [0, 0.05) is 17.9 Å². The van der Waals surface area contributed by atoms with Gasteiger partial charge in [0.05, 0.1) is 21.7 Å². The van der Waals surface area contributed by atoms with Gasteiger partial charge in [0.2, 0.25) is 0 Å². The minimum absolute atomic E-state index is 0.0670. The number of halogens is 1. The lowest BCUT2D eigenvalue weighted by Crippen LogP contribution is -1.99. The minimum atomic E-state index is -0.414. The molecule has 3 rings (SSSR count). The van der Waals surface area contributed by atoms with Crippen molar-refractivity contribution in [1.29, 1.82) is 0 Å². The van der Waals surface area contributed by atoms with Gasteiger partial charge in [-0.2, -0.15) is 0 Å². The molecule has 0 atom stereocenters. The fraction of sp³-hybridized carbons (Fsp3) is 0.133. The van der Waals surface area contributed by atoms with E-state index in [1.807, 2.05) is 0 Å². The summed E-state index contributed by atoms with van der Waals surface area (Å²) in [5.41, 5.74) is 0.819. The van der Waals surface area contributed by atoms with Crippen LogP contribution in [-0.4, -0.2) is 22.3 Å². The number of hydrogen-bond acceptors (Lipinski definition) is 6. The number of non-ortho nitro benzene ring substituents is 1. The molecule has 1 aromatic heterocycles. The van der Waals surface area contributed by atoms with Crippen LogP contribution in [0.1, 0.15) is 0 Å². The van der Waals surface area contributed by atoms with E-state index in [1.165, 1.54) is 47.4 Å². The van der Waals surface area contributed by atoms with Gasteiger partial charge in [0.25, 0.3) is 5.69 Å². The molecule has 8 heteroatoms. The second kappa shape index (κ2) is 6.93. The highest BCUT2D eigenvalue weighted by Gasteiger charge is 2.10. The number of thioether (sulfide) groups is 1. The molecule has 0 amide bonds. The Morgan fingerprint density at radius 2 is 2.04 bits per heavy atom. The number of nitro benzene ring substituents is 1. The second-order valence-electron chi connectivity index (χ2n) is 4.54. The van der Waals surface area contributed by atoms with Gasteiger partial charge >= 0.3 is 0 Å².